The lowest BCUT2D eigenvalue weighted by atomic mass is 10.2. The summed E-state index contributed by atoms with van der Waals surface area (Å²) in [6.07, 6.45) is 0. The molecule has 1 unspecified atom stereocenters. The second-order valence-corrected chi connectivity index (χ2v) is 5.32. The third-order valence-corrected chi connectivity index (χ3v) is 3.74. The topological polar surface area (TPSA) is 39.1 Å². The Kier molecular flexibility index (Phi) is 4.33. The minimum Gasteiger partial charge on any atom is -0.494 e. The van der Waals surface area contributed by atoms with Gasteiger partial charge in [-0.15, -0.1) is 0 Å². The number of fused-ring (bicyclic) bond motifs is 1. The maximum Gasteiger partial charge on any atom is 0.320 e. The number of benzene rings is 2. The second-order valence-electron chi connectivity index (χ2n) is 5.32. The predicted octanol–water partition coefficient (Wildman–Crippen LogP) is 4.75. The Bertz CT molecular complexity index is 863. The molecule has 0 aliphatic carbocycles. The summed E-state index contributed by atoms with van der Waals surface area (Å²) in [7, 11) is 1.42. The van der Waals surface area contributed by atoms with Crippen LogP contribution in [0.4, 0.5) is 18.9 Å². The normalized spacial score (nSPS) is 12.6. The Hall–Kier alpha value is -2.70. The van der Waals surface area contributed by atoms with E-state index >= 15 is 0 Å². The quantitative estimate of drug-likeness (QED) is 0.731. The number of nitrogens with zero attached hydrogens (tertiary/aromatic N) is 2. The van der Waals surface area contributed by atoms with Crippen LogP contribution in [0.2, 0.25) is 0 Å². The number of para-hydroxylation sites is 2. The molecule has 24 heavy (non-hydrogen) atoms. The van der Waals surface area contributed by atoms with Crippen molar-refractivity contribution in [2.45, 2.75) is 19.5 Å². The smallest absolute Gasteiger partial charge is 0.320 e. The summed E-state index contributed by atoms with van der Waals surface area (Å²) < 4.78 is 46.3. The Morgan fingerprint density at radius 3 is 2.62 bits per heavy atom. The van der Waals surface area contributed by atoms with E-state index in [4.69, 9.17) is 4.74 Å². The number of hydrogen-bond acceptors (Lipinski definition) is 3. The molecule has 1 atom stereocenters. The zero-order valence-corrected chi connectivity index (χ0v) is 13.1. The second kappa shape index (κ2) is 6.43. The highest BCUT2D eigenvalue weighted by molar-refractivity contribution is 5.76. The number of anilines is 1. The number of aromatic nitrogens is 2. The Labute approximate surface area is 136 Å². The fourth-order valence-electron chi connectivity index (χ4n) is 2.66. The molecule has 0 fully saturated rings. The van der Waals surface area contributed by atoms with Gasteiger partial charge in [0.1, 0.15) is 17.4 Å². The van der Waals surface area contributed by atoms with Crippen molar-refractivity contribution in [2.75, 3.05) is 12.4 Å². The van der Waals surface area contributed by atoms with Crippen LogP contribution in [0.5, 0.6) is 5.75 Å². The molecule has 3 rings (SSSR count). The molecule has 0 spiro atoms. The van der Waals surface area contributed by atoms with Gasteiger partial charge in [-0.2, -0.15) is 8.78 Å². The van der Waals surface area contributed by atoms with Gasteiger partial charge in [0.25, 0.3) is 0 Å². The molecule has 7 heteroatoms. The van der Waals surface area contributed by atoms with E-state index in [9.17, 15) is 13.2 Å². The molecule has 4 nitrogen and oxygen atoms in total. The Morgan fingerprint density at radius 1 is 1.17 bits per heavy atom. The molecule has 0 radical (unpaired) electrons. The molecule has 0 saturated heterocycles. The molecule has 0 aliphatic rings. The van der Waals surface area contributed by atoms with Gasteiger partial charge in [0.05, 0.1) is 29.9 Å². The minimum absolute atomic E-state index is 0.192. The molecular weight excluding hydrogens is 319 g/mol. The molecule has 3 aromatic rings. The first kappa shape index (κ1) is 16.2. The van der Waals surface area contributed by atoms with Crippen LogP contribution >= 0.6 is 0 Å². The van der Waals surface area contributed by atoms with Gasteiger partial charge in [-0.1, -0.05) is 12.1 Å². The molecule has 1 N–H and O–H groups in total. The first-order chi connectivity index (χ1) is 11.5. The van der Waals surface area contributed by atoms with Crippen LogP contribution in [0, 0.1) is 5.82 Å². The maximum absolute atomic E-state index is 13.5. The highest BCUT2D eigenvalue weighted by atomic mass is 19.3. The first-order valence-electron chi connectivity index (χ1n) is 7.36. The van der Waals surface area contributed by atoms with E-state index in [2.05, 4.69) is 10.3 Å². The summed E-state index contributed by atoms with van der Waals surface area (Å²) >= 11 is 0. The largest absolute Gasteiger partial charge is 0.494 e. The molecule has 1 aromatic heterocycles. The van der Waals surface area contributed by atoms with Crippen molar-refractivity contribution < 1.29 is 17.9 Å². The van der Waals surface area contributed by atoms with Crippen molar-refractivity contribution in [1.82, 2.24) is 9.55 Å². The van der Waals surface area contributed by atoms with E-state index in [-0.39, 0.29) is 5.82 Å². The zero-order chi connectivity index (χ0) is 17.3. The van der Waals surface area contributed by atoms with Gasteiger partial charge in [-0.05, 0) is 31.2 Å². The molecule has 0 aliphatic heterocycles. The number of nitrogens with one attached hydrogen (secondary N) is 1. The molecule has 126 valence electrons. The zero-order valence-electron chi connectivity index (χ0n) is 13.1. The Morgan fingerprint density at radius 2 is 1.92 bits per heavy atom. The van der Waals surface area contributed by atoms with E-state index in [1.165, 1.54) is 25.3 Å². The fraction of sp³-hybridized carbons (Fsp3) is 0.235. The van der Waals surface area contributed by atoms with Crippen LogP contribution in [-0.2, 0) is 0 Å². The highest BCUT2D eigenvalue weighted by Gasteiger charge is 2.22. The van der Waals surface area contributed by atoms with Crippen LogP contribution in [0.25, 0.3) is 11.0 Å². The molecule has 1 heterocycles. The molecule has 0 bridgehead atoms. The van der Waals surface area contributed by atoms with Crippen molar-refractivity contribution >= 4 is 16.7 Å². The minimum atomic E-state index is -2.72. The standard InChI is InChI=1S/C17H16F3N3O/c1-10(21-13-8-7-11(18)9-15(13)24-2)16-22-12-5-3-4-6-14(12)23(16)17(19)20/h3-10,17,21H,1-2H3. The average molecular weight is 335 g/mol. The summed E-state index contributed by atoms with van der Waals surface area (Å²) in [4.78, 5) is 4.31. The van der Waals surface area contributed by atoms with Crippen LogP contribution in [0.15, 0.2) is 42.5 Å². The van der Waals surface area contributed by atoms with Gasteiger partial charge >= 0.3 is 6.55 Å². The van der Waals surface area contributed by atoms with Gasteiger partial charge in [0.2, 0.25) is 0 Å². The van der Waals surface area contributed by atoms with Gasteiger partial charge in [-0.3, -0.25) is 4.57 Å². The van der Waals surface area contributed by atoms with Crippen LogP contribution < -0.4 is 10.1 Å². The van der Waals surface area contributed by atoms with Gasteiger partial charge in [0.15, 0.2) is 0 Å². The van der Waals surface area contributed by atoms with Crippen molar-refractivity contribution in [3.05, 3.63) is 54.1 Å². The van der Waals surface area contributed by atoms with E-state index < -0.39 is 18.4 Å². The van der Waals surface area contributed by atoms with E-state index in [1.807, 2.05) is 0 Å². The van der Waals surface area contributed by atoms with Crippen molar-refractivity contribution in [3.63, 3.8) is 0 Å². The van der Waals surface area contributed by atoms with E-state index in [0.29, 0.717) is 22.5 Å². The lowest BCUT2D eigenvalue weighted by Crippen LogP contribution is -2.15. The number of imidazole rings is 1. The molecule has 0 amide bonds. The Balaban J connectivity index is 2.00. The third-order valence-electron chi connectivity index (χ3n) is 3.74. The summed E-state index contributed by atoms with van der Waals surface area (Å²) in [6.45, 7) is -1.00. The van der Waals surface area contributed by atoms with Crippen molar-refractivity contribution in [3.8, 4) is 5.75 Å². The maximum atomic E-state index is 13.5. The van der Waals surface area contributed by atoms with Crippen molar-refractivity contribution in [2.24, 2.45) is 0 Å². The summed E-state index contributed by atoms with van der Waals surface area (Å²) in [6, 6.07) is 10.2. The summed E-state index contributed by atoms with van der Waals surface area (Å²) in [5.41, 5.74) is 1.36. The number of methoxy groups -OCH3 is 1. The predicted molar refractivity (Wildman–Crippen MR) is 86.0 cm³/mol. The lowest BCUT2D eigenvalue weighted by Gasteiger charge is -2.18. The number of ether oxygens (including phenoxy) is 1. The van der Waals surface area contributed by atoms with Crippen LogP contribution in [0.1, 0.15) is 25.3 Å². The third kappa shape index (κ3) is 2.89. The van der Waals surface area contributed by atoms with Gasteiger partial charge in [0, 0.05) is 6.07 Å². The molecule has 0 saturated carbocycles. The van der Waals surface area contributed by atoms with E-state index in [1.54, 1.807) is 31.2 Å². The average Bonchev–Trinajstić information content (AvgIpc) is 2.96. The summed E-state index contributed by atoms with van der Waals surface area (Å²) in [5.74, 6) is 0.0454. The van der Waals surface area contributed by atoms with Gasteiger partial charge < -0.3 is 10.1 Å². The SMILES string of the molecule is COc1cc(F)ccc1NC(C)c1nc2ccccc2n1C(F)F. The highest BCUT2D eigenvalue weighted by Crippen LogP contribution is 2.31. The number of rotatable bonds is 5. The van der Waals surface area contributed by atoms with Crippen LogP contribution in [0.3, 0.4) is 0 Å². The van der Waals surface area contributed by atoms with Gasteiger partial charge in [-0.25, -0.2) is 9.37 Å². The monoisotopic (exact) mass is 335 g/mol. The molecule has 2 aromatic carbocycles. The first-order valence-corrected chi connectivity index (χ1v) is 7.36. The summed E-state index contributed by atoms with van der Waals surface area (Å²) in [5, 5.41) is 3.05. The fourth-order valence-corrected chi connectivity index (χ4v) is 2.66. The van der Waals surface area contributed by atoms with Crippen LogP contribution in [-0.4, -0.2) is 16.7 Å². The lowest BCUT2D eigenvalue weighted by molar-refractivity contribution is 0.0708. The van der Waals surface area contributed by atoms with E-state index in [0.717, 1.165) is 4.57 Å². The number of alkyl halides is 2. The number of hydrogen-bond donors (Lipinski definition) is 1. The molecular formula is C17H16F3N3O. The number of halogens is 3. The van der Waals surface area contributed by atoms with Crippen molar-refractivity contribution in [1.29, 1.82) is 0 Å².